The average Bonchev–Trinajstić information content (AvgIpc) is 3.01. The standard InChI is InChI=1S/C19H16FO5/c20-15-11-23-16(12-24-18(21)13-7-3-1-4-8-13)17(15)25-19(22)14-9-5-2-6-10-14/h1-11,15-17H,12H2/t15-,16-,17+/m1/s1. The van der Waals surface area contributed by atoms with Gasteiger partial charge in [-0.1, -0.05) is 36.4 Å². The summed E-state index contributed by atoms with van der Waals surface area (Å²) in [5, 5.41) is 0. The highest BCUT2D eigenvalue weighted by molar-refractivity contribution is 5.90. The van der Waals surface area contributed by atoms with Crippen molar-refractivity contribution in [1.82, 2.24) is 0 Å². The van der Waals surface area contributed by atoms with Crippen molar-refractivity contribution in [2.45, 2.75) is 18.4 Å². The Hall–Kier alpha value is -2.73. The fourth-order valence-electron chi connectivity index (χ4n) is 2.39. The molecule has 0 aromatic heterocycles. The van der Waals surface area contributed by atoms with Gasteiger partial charge in [-0.2, -0.15) is 0 Å². The molecule has 1 radical (unpaired) electrons. The molecule has 25 heavy (non-hydrogen) atoms. The molecule has 0 saturated carbocycles. The molecule has 3 atom stereocenters. The van der Waals surface area contributed by atoms with Gasteiger partial charge in [0.1, 0.15) is 19.3 Å². The first-order valence-electron chi connectivity index (χ1n) is 7.76. The van der Waals surface area contributed by atoms with Crippen molar-refractivity contribution in [2.24, 2.45) is 0 Å². The van der Waals surface area contributed by atoms with E-state index in [-0.39, 0.29) is 6.61 Å². The van der Waals surface area contributed by atoms with Crippen molar-refractivity contribution in [1.29, 1.82) is 0 Å². The van der Waals surface area contributed by atoms with Crippen LogP contribution in [0, 0.1) is 6.61 Å². The maximum Gasteiger partial charge on any atom is 0.338 e. The lowest BCUT2D eigenvalue weighted by atomic mass is 10.1. The van der Waals surface area contributed by atoms with Crippen LogP contribution in [-0.2, 0) is 14.2 Å². The topological polar surface area (TPSA) is 61.8 Å². The van der Waals surface area contributed by atoms with E-state index in [4.69, 9.17) is 14.2 Å². The zero-order valence-electron chi connectivity index (χ0n) is 13.2. The summed E-state index contributed by atoms with van der Waals surface area (Å²) in [4.78, 5) is 24.0. The van der Waals surface area contributed by atoms with Crippen LogP contribution in [-0.4, -0.2) is 36.9 Å². The van der Waals surface area contributed by atoms with Gasteiger partial charge in [-0.25, -0.2) is 14.0 Å². The molecule has 1 aliphatic heterocycles. The Labute approximate surface area is 144 Å². The third-order valence-corrected chi connectivity index (χ3v) is 3.70. The van der Waals surface area contributed by atoms with E-state index in [2.05, 4.69) is 0 Å². The Bertz CT molecular complexity index is 719. The third kappa shape index (κ3) is 4.22. The third-order valence-electron chi connectivity index (χ3n) is 3.70. The molecule has 1 fully saturated rings. The van der Waals surface area contributed by atoms with E-state index in [1.54, 1.807) is 60.7 Å². The van der Waals surface area contributed by atoms with Gasteiger partial charge in [0.25, 0.3) is 0 Å². The van der Waals surface area contributed by atoms with E-state index in [1.807, 2.05) is 0 Å². The minimum absolute atomic E-state index is 0.225. The van der Waals surface area contributed by atoms with Gasteiger partial charge in [0.05, 0.1) is 11.1 Å². The Kier molecular flexibility index (Phi) is 5.40. The lowest BCUT2D eigenvalue weighted by molar-refractivity contribution is -0.0295. The molecule has 0 aliphatic carbocycles. The summed E-state index contributed by atoms with van der Waals surface area (Å²) in [7, 11) is 0. The summed E-state index contributed by atoms with van der Waals surface area (Å²) in [6.07, 6.45) is -3.65. The minimum Gasteiger partial charge on any atom is -0.459 e. The van der Waals surface area contributed by atoms with Crippen LogP contribution in [0.2, 0.25) is 0 Å². The van der Waals surface area contributed by atoms with E-state index in [9.17, 15) is 14.0 Å². The molecule has 0 unspecified atom stereocenters. The highest BCUT2D eigenvalue weighted by atomic mass is 19.1. The van der Waals surface area contributed by atoms with Crippen molar-refractivity contribution in [3.63, 3.8) is 0 Å². The van der Waals surface area contributed by atoms with Crippen LogP contribution in [0.15, 0.2) is 60.7 Å². The molecular formula is C19H16FO5. The molecule has 2 aromatic rings. The number of benzene rings is 2. The maximum absolute atomic E-state index is 14.0. The molecule has 0 bridgehead atoms. The van der Waals surface area contributed by atoms with Gasteiger partial charge in [-0.3, -0.25) is 0 Å². The highest BCUT2D eigenvalue weighted by Crippen LogP contribution is 2.25. The molecule has 129 valence electrons. The number of carbonyl (C=O) groups excluding carboxylic acids is 2. The van der Waals surface area contributed by atoms with Crippen molar-refractivity contribution < 1.29 is 28.2 Å². The number of rotatable bonds is 5. The first-order chi connectivity index (χ1) is 12.1. The van der Waals surface area contributed by atoms with Crippen LogP contribution in [0.1, 0.15) is 20.7 Å². The molecule has 3 rings (SSSR count). The summed E-state index contributed by atoms with van der Waals surface area (Å²) in [6.45, 7) is 0.724. The molecule has 0 N–H and O–H groups in total. The van der Waals surface area contributed by atoms with E-state index in [1.165, 1.54) is 0 Å². The number of esters is 2. The minimum atomic E-state index is -1.59. The normalized spacial score (nSPS) is 22.4. The van der Waals surface area contributed by atoms with Crippen LogP contribution in [0.3, 0.4) is 0 Å². The number of carbonyl (C=O) groups is 2. The summed E-state index contributed by atoms with van der Waals surface area (Å²) in [5.41, 5.74) is 0.681. The maximum atomic E-state index is 14.0. The van der Waals surface area contributed by atoms with Crippen molar-refractivity contribution in [2.75, 3.05) is 6.61 Å². The molecule has 1 heterocycles. The smallest absolute Gasteiger partial charge is 0.338 e. The Morgan fingerprint density at radius 1 is 0.920 bits per heavy atom. The summed E-state index contributed by atoms with van der Waals surface area (Å²) in [6, 6.07) is 16.7. The van der Waals surface area contributed by atoms with Gasteiger partial charge < -0.3 is 14.2 Å². The van der Waals surface area contributed by atoms with E-state index in [0.29, 0.717) is 11.1 Å². The fraction of sp³-hybridized carbons (Fsp3) is 0.211. The van der Waals surface area contributed by atoms with Crippen LogP contribution < -0.4 is 0 Å². The Balaban J connectivity index is 1.59. The SMILES string of the molecule is O=C(OC[C@H]1O[CH][C@@H](F)[C@@H]1OC(=O)c1ccccc1)c1ccccc1. The molecule has 5 nitrogen and oxygen atoms in total. The summed E-state index contributed by atoms with van der Waals surface area (Å²) in [5.74, 6) is -1.22. The number of ether oxygens (including phenoxy) is 3. The molecule has 6 heteroatoms. The van der Waals surface area contributed by atoms with E-state index in [0.717, 1.165) is 6.61 Å². The predicted octanol–water partition coefficient (Wildman–Crippen LogP) is 2.97. The van der Waals surface area contributed by atoms with Crippen molar-refractivity contribution in [3.05, 3.63) is 78.4 Å². The van der Waals surface area contributed by atoms with Gasteiger partial charge in [0.15, 0.2) is 12.3 Å². The molecular weight excluding hydrogens is 327 g/mol. The van der Waals surface area contributed by atoms with Crippen LogP contribution in [0.5, 0.6) is 0 Å². The van der Waals surface area contributed by atoms with E-state index >= 15 is 0 Å². The molecule has 2 aromatic carbocycles. The zero-order valence-corrected chi connectivity index (χ0v) is 13.2. The van der Waals surface area contributed by atoms with Gasteiger partial charge in [0.2, 0.25) is 0 Å². The van der Waals surface area contributed by atoms with Gasteiger partial charge in [-0.05, 0) is 24.3 Å². The largest absolute Gasteiger partial charge is 0.459 e. The first-order valence-corrected chi connectivity index (χ1v) is 7.76. The highest BCUT2D eigenvalue weighted by Gasteiger charge is 2.42. The quantitative estimate of drug-likeness (QED) is 0.781. The van der Waals surface area contributed by atoms with Crippen molar-refractivity contribution in [3.8, 4) is 0 Å². The van der Waals surface area contributed by atoms with Gasteiger partial charge in [-0.15, -0.1) is 0 Å². The van der Waals surface area contributed by atoms with Gasteiger partial charge >= 0.3 is 11.9 Å². The molecule has 1 aliphatic rings. The Morgan fingerprint density at radius 2 is 1.48 bits per heavy atom. The van der Waals surface area contributed by atoms with Crippen LogP contribution in [0.25, 0.3) is 0 Å². The van der Waals surface area contributed by atoms with Crippen LogP contribution in [0.4, 0.5) is 4.39 Å². The molecule has 0 amide bonds. The first kappa shape index (κ1) is 17.1. The number of hydrogen-bond acceptors (Lipinski definition) is 5. The summed E-state index contributed by atoms with van der Waals surface area (Å²) >= 11 is 0. The van der Waals surface area contributed by atoms with E-state index < -0.39 is 30.3 Å². The number of halogens is 1. The molecule has 0 spiro atoms. The Morgan fingerprint density at radius 3 is 2.08 bits per heavy atom. The predicted molar refractivity (Wildman–Crippen MR) is 86.4 cm³/mol. The second-order valence-corrected chi connectivity index (χ2v) is 5.46. The van der Waals surface area contributed by atoms with Crippen molar-refractivity contribution >= 4 is 11.9 Å². The zero-order chi connectivity index (χ0) is 17.6. The van der Waals surface area contributed by atoms with Crippen LogP contribution >= 0.6 is 0 Å². The monoisotopic (exact) mass is 343 g/mol. The average molecular weight is 343 g/mol. The lowest BCUT2D eigenvalue weighted by Gasteiger charge is -2.20. The second kappa shape index (κ2) is 7.90. The second-order valence-electron chi connectivity index (χ2n) is 5.46. The van der Waals surface area contributed by atoms with Gasteiger partial charge in [0, 0.05) is 0 Å². The summed E-state index contributed by atoms with van der Waals surface area (Å²) < 4.78 is 29.4. The molecule has 1 saturated heterocycles. The lowest BCUT2D eigenvalue weighted by Crippen LogP contribution is -2.36. The number of hydrogen-bond donors (Lipinski definition) is 0. The fourth-order valence-corrected chi connectivity index (χ4v) is 2.39. The number of alkyl halides is 1.